The Labute approximate surface area is 105 Å². The Kier molecular flexibility index (Phi) is 6.34. The van der Waals surface area contributed by atoms with Gasteiger partial charge in [0.15, 0.2) is 0 Å². The van der Waals surface area contributed by atoms with Crippen molar-refractivity contribution >= 4 is 6.03 Å². The molecule has 1 aliphatic heterocycles. The number of carbonyl (C=O) groups excluding carboxylic acids is 1. The van der Waals surface area contributed by atoms with Gasteiger partial charge >= 0.3 is 6.03 Å². The fraction of sp³-hybridized carbons (Fsp3) is 0.923. The second-order valence-corrected chi connectivity index (χ2v) is 5.16. The van der Waals surface area contributed by atoms with Crippen LogP contribution in [0.3, 0.4) is 0 Å². The molecule has 1 rings (SSSR count). The lowest BCUT2D eigenvalue weighted by molar-refractivity contribution is 0.142. The number of rotatable bonds is 5. The molecule has 1 N–H and O–H groups in total. The number of hydrogen-bond donors (Lipinski definition) is 1. The molecule has 4 heteroatoms. The van der Waals surface area contributed by atoms with Crippen molar-refractivity contribution in [3.63, 3.8) is 0 Å². The average Bonchev–Trinajstić information content (AvgIpc) is 2.34. The van der Waals surface area contributed by atoms with Gasteiger partial charge in [-0.05, 0) is 38.0 Å². The van der Waals surface area contributed by atoms with Gasteiger partial charge in [0.1, 0.15) is 0 Å². The smallest absolute Gasteiger partial charge is 0.319 e. The predicted octanol–water partition coefficient (Wildman–Crippen LogP) is 1.93. The molecule has 0 aromatic rings. The molecule has 0 radical (unpaired) electrons. The number of hydrogen-bond acceptors (Lipinski definition) is 2. The van der Waals surface area contributed by atoms with Crippen LogP contribution in [0.15, 0.2) is 0 Å². The van der Waals surface area contributed by atoms with Crippen molar-refractivity contribution in [2.24, 2.45) is 5.92 Å². The molecular weight excluding hydrogens is 216 g/mol. The normalized spacial score (nSPS) is 17.2. The zero-order valence-corrected chi connectivity index (χ0v) is 11.2. The maximum absolute atomic E-state index is 12.1. The summed E-state index contributed by atoms with van der Waals surface area (Å²) < 4.78 is 0. The van der Waals surface area contributed by atoms with Gasteiger partial charge in [-0.1, -0.05) is 6.92 Å². The molecule has 1 fully saturated rings. The maximum atomic E-state index is 12.1. The van der Waals surface area contributed by atoms with E-state index in [0.717, 1.165) is 57.7 Å². The van der Waals surface area contributed by atoms with Gasteiger partial charge < -0.3 is 14.9 Å². The first-order chi connectivity index (χ1) is 8.15. The summed E-state index contributed by atoms with van der Waals surface area (Å²) in [6.45, 7) is 5.11. The van der Waals surface area contributed by atoms with Crippen LogP contribution in [-0.2, 0) is 0 Å². The highest BCUT2D eigenvalue weighted by Gasteiger charge is 2.22. The highest BCUT2D eigenvalue weighted by Crippen LogP contribution is 2.17. The summed E-state index contributed by atoms with van der Waals surface area (Å²) in [6, 6.07) is 0.167. The van der Waals surface area contributed by atoms with E-state index < -0.39 is 0 Å². The number of urea groups is 1. The van der Waals surface area contributed by atoms with Gasteiger partial charge in [0, 0.05) is 33.3 Å². The molecule has 0 unspecified atom stereocenters. The monoisotopic (exact) mass is 242 g/mol. The number of amides is 2. The fourth-order valence-corrected chi connectivity index (χ4v) is 2.17. The van der Waals surface area contributed by atoms with Crippen molar-refractivity contribution in [2.45, 2.75) is 39.0 Å². The summed E-state index contributed by atoms with van der Waals surface area (Å²) in [4.78, 5) is 15.8. The summed E-state index contributed by atoms with van der Waals surface area (Å²) in [5, 5.41) is 8.68. The Morgan fingerprint density at radius 1 is 1.29 bits per heavy atom. The maximum Gasteiger partial charge on any atom is 0.319 e. The Bertz CT molecular complexity index is 225. The first-order valence-electron chi connectivity index (χ1n) is 6.76. The van der Waals surface area contributed by atoms with Gasteiger partial charge in [0.05, 0.1) is 0 Å². The zero-order valence-electron chi connectivity index (χ0n) is 11.2. The quantitative estimate of drug-likeness (QED) is 0.749. The molecule has 17 heavy (non-hydrogen) atoms. The highest BCUT2D eigenvalue weighted by molar-refractivity contribution is 5.74. The van der Waals surface area contributed by atoms with Crippen LogP contribution in [0.25, 0.3) is 0 Å². The topological polar surface area (TPSA) is 43.8 Å². The molecule has 0 atom stereocenters. The zero-order chi connectivity index (χ0) is 12.7. The highest BCUT2D eigenvalue weighted by atomic mass is 16.2. The summed E-state index contributed by atoms with van der Waals surface area (Å²) in [5.41, 5.74) is 0. The number of piperidine rings is 1. The summed E-state index contributed by atoms with van der Waals surface area (Å²) in [6.07, 6.45) is 5.07. The molecule has 1 aliphatic rings. The third-order valence-electron chi connectivity index (χ3n) is 3.53. The Morgan fingerprint density at radius 2 is 1.94 bits per heavy atom. The van der Waals surface area contributed by atoms with Crippen LogP contribution in [0.2, 0.25) is 0 Å². The number of aliphatic hydroxyl groups is 1. The van der Waals surface area contributed by atoms with Crippen LogP contribution < -0.4 is 0 Å². The Morgan fingerprint density at radius 3 is 2.53 bits per heavy atom. The molecular formula is C13H26N2O2. The molecule has 1 saturated heterocycles. The van der Waals surface area contributed by atoms with Crippen molar-refractivity contribution in [1.82, 2.24) is 9.80 Å². The van der Waals surface area contributed by atoms with Crippen molar-refractivity contribution in [1.29, 1.82) is 0 Å². The van der Waals surface area contributed by atoms with E-state index in [4.69, 9.17) is 5.11 Å². The number of unbranched alkanes of at least 4 members (excludes halogenated alkanes) is 2. The lowest BCUT2D eigenvalue weighted by Gasteiger charge is -2.33. The second-order valence-electron chi connectivity index (χ2n) is 5.16. The molecule has 0 spiro atoms. The van der Waals surface area contributed by atoms with E-state index in [0.29, 0.717) is 0 Å². The van der Waals surface area contributed by atoms with Crippen molar-refractivity contribution in [3.05, 3.63) is 0 Å². The number of carbonyl (C=O) groups is 1. The van der Waals surface area contributed by atoms with Gasteiger partial charge in [-0.3, -0.25) is 0 Å². The average molecular weight is 242 g/mol. The van der Waals surface area contributed by atoms with E-state index in [1.165, 1.54) is 0 Å². The van der Waals surface area contributed by atoms with Crippen LogP contribution in [0.1, 0.15) is 39.0 Å². The molecule has 2 amide bonds. The molecule has 4 nitrogen and oxygen atoms in total. The molecule has 0 aromatic carbocycles. The fourth-order valence-electron chi connectivity index (χ4n) is 2.17. The van der Waals surface area contributed by atoms with Gasteiger partial charge in [0.2, 0.25) is 0 Å². The molecule has 100 valence electrons. The van der Waals surface area contributed by atoms with E-state index >= 15 is 0 Å². The van der Waals surface area contributed by atoms with Crippen LogP contribution in [-0.4, -0.2) is 54.2 Å². The summed E-state index contributed by atoms with van der Waals surface area (Å²) in [5.74, 6) is 0.758. The third kappa shape index (κ3) is 4.94. The molecule has 0 aromatic heterocycles. The SMILES string of the molecule is CC1CCN(C(=O)N(C)CCCCCO)CC1. The van der Waals surface area contributed by atoms with Crippen LogP contribution in [0.5, 0.6) is 0 Å². The van der Waals surface area contributed by atoms with Crippen LogP contribution in [0.4, 0.5) is 4.79 Å². The van der Waals surface area contributed by atoms with Gasteiger partial charge in [-0.15, -0.1) is 0 Å². The van der Waals surface area contributed by atoms with E-state index in [1.807, 2.05) is 16.8 Å². The third-order valence-corrected chi connectivity index (χ3v) is 3.53. The minimum absolute atomic E-state index is 0.167. The largest absolute Gasteiger partial charge is 0.396 e. The van der Waals surface area contributed by atoms with E-state index in [9.17, 15) is 4.79 Å². The molecule has 0 bridgehead atoms. The minimum atomic E-state index is 0.167. The summed E-state index contributed by atoms with van der Waals surface area (Å²) in [7, 11) is 1.87. The number of aliphatic hydroxyl groups excluding tert-OH is 1. The van der Waals surface area contributed by atoms with Crippen LogP contribution in [0, 0.1) is 5.92 Å². The van der Waals surface area contributed by atoms with E-state index in [1.54, 1.807) is 0 Å². The first kappa shape index (κ1) is 14.3. The summed E-state index contributed by atoms with van der Waals surface area (Å²) >= 11 is 0. The molecule has 0 aliphatic carbocycles. The van der Waals surface area contributed by atoms with Crippen molar-refractivity contribution < 1.29 is 9.90 Å². The predicted molar refractivity (Wildman–Crippen MR) is 68.9 cm³/mol. The van der Waals surface area contributed by atoms with Gasteiger partial charge in [-0.25, -0.2) is 4.79 Å². The second kappa shape index (κ2) is 7.54. The van der Waals surface area contributed by atoms with E-state index in [-0.39, 0.29) is 12.6 Å². The van der Waals surface area contributed by atoms with Crippen molar-refractivity contribution in [3.8, 4) is 0 Å². The minimum Gasteiger partial charge on any atom is -0.396 e. The lowest BCUT2D eigenvalue weighted by Crippen LogP contribution is -2.45. The number of nitrogens with zero attached hydrogens (tertiary/aromatic N) is 2. The van der Waals surface area contributed by atoms with E-state index in [2.05, 4.69) is 6.92 Å². The number of likely N-dealkylation sites (tertiary alicyclic amines) is 1. The lowest BCUT2D eigenvalue weighted by atomic mass is 10.00. The van der Waals surface area contributed by atoms with Crippen molar-refractivity contribution in [2.75, 3.05) is 33.3 Å². The standard InChI is InChI=1S/C13H26N2O2/c1-12-6-9-15(10-7-12)13(17)14(2)8-4-3-5-11-16/h12,16H,3-11H2,1-2H3. The molecule has 1 heterocycles. The molecule has 0 saturated carbocycles. The Balaban J connectivity index is 2.21. The first-order valence-corrected chi connectivity index (χ1v) is 6.76. The Hall–Kier alpha value is -0.770. The van der Waals surface area contributed by atoms with Gasteiger partial charge in [-0.2, -0.15) is 0 Å². The van der Waals surface area contributed by atoms with Gasteiger partial charge in [0.25, 0.3) is 0 Å². The van der Waals surface area contributed by atoms with Crippen LogP contribution >= 0.6 is 0 Å².